The number of rotatable bonds is 10. The smallest absolute Gasteiger partial charge is 0.310 e. The van der Waals surface area contributed by atoms with Gasteiger partial charge in [0, 0.05) is 4.47 Å². The Morgan fingerprint density at radius 1 is 1.12 bits per heavy atom. The number of primary amides is 1. The topological polar surface area (TPSA) is 117 Å². The molecule has 1 aromatic carbocycles. The second kappa shape index (κ2) is 10.5. The third kappa shape index (κ3) is 7.42. The van der Waals surface area contributed by atoms with E-state index in [0.29, 0.717) is 34.7 Å². The highest BCUT2D eigenvalue weighted by Gasteiger charge is 2.15. The van der Waals surface area contributed by atoms with E-state index in [0.717, 1.165) is 0 Å². The molecule has 0 unspecified atom stereocenters. The standard InChI is InChI=1S/C16H21BrN2O6/c1-3-23-12-5-10(11(17)7-13(12)24-4-2)6-16(22)25-9-15(21)19-8-14(18)20/h5,7H,3-4,6,8-9H2,1-2H3,(H2,18,20)(H,19,21). The van der Waals surface area contributed by atoms with E-state index >= 15 is 0 Å². The van der Waals surface area contributed by atoms with Crippen molar-refractivity contribution in [2.24, 2.45) is 5.73 Å². The lowest BCUT2D eigenvalue weighted by atomic mass is 10.1. The lowest BCUT2D eigenvalue weighted by molar-refractivity contribution is -0.147. The molecule has 0 aromatic heterocycles. The fourth-order valence-electron chi connectivity index (χ4n) is 1.84. The minimum Gasteiger partial charge on any atom is -0.490 e. The zero-order valence-corrected chi connectivity index (χ0v) is 15.7. The summed E-state index contributed by atoms with van der Waals surface area (Å²) in [6, 6.07) is 3.41. The van der Waals surface area contributed by atoms with Gasteiger partial charge in [-0.15, -0.1) is 0 Å². The highest BCUT2D eigenvalue weighted by atomic mass is 79.9. The summed E-state index contributed by atoms with van der Waals surface area (Å²) in [6.07, 6.45) is -0.0594. The van der Waals surface area contributed by atoms with E-state index in [2.05, 4.69) is 21.2 Å². The maximum Gasteiger partial charge on any atom is 0.310 e. The Morgan fingerprint density at radius 3 is 2.28 bits per heavy atom. The Labute approximate surface area is 154 Å². The van der Waals surface area contributed by atoms with Crippen molar-refractivity contribution in [2.45, 2.75) is 20.3 Å². The van der Waals surface area contributed by atoms with E-state index < -0.39 is 24.4 Å². The van der Waals surface area contributed by atoms with Crippen molar-refractivity contribution >= 4 is 33.7 Å². The first-order valence-electron chi connectivity index (χ1n) is 7.66. The van der Waals surface area contributed by atoms with Crippen LogP contribution in [0.2, 0.25) is 0 Å². The third-order valence-electron chi connectivity index (χ3n) is 2.87. The summed E-state index contributed by atoms with van der Waals surface area (Å²) >= 11 is 3.38. The molecular formula is C16H21BrN2O6. The molecule has 1 aromatic rings. The zero-order chi connectivity index (χ0) is 18.8. The van der Waals surface area contributed by atoms with Crippen LogP contribution in [0, 0.1) is 0 Å². The summed E-state index contributed by atoms with van der Waals surface area (Å²) < 4.78 is 16.5. The van der Waals surface area contributed by atoms with Crippen LogP contribution in [0.3, 0.4) is 0 Å². The molecule has 0 fully saturated rings. The minimum absolute atomic E-state index is 0.0594. The second-order valence-corrected chi connectivity index (χ2v) is 5.69. The van der Waals surface area contributed by atoms with Crippen molar-refractivity contribution in [1.82, 2.24) is 5.32 Å². The van der Waals surface area contributed by atoms with Crippen LogP contribution in [0.25, 0.3) is 0 Å². The molecule has 0 atom stereocenters. The number of amides is 2. The van der Waals surface area contributed by atoms with Crippen molar-refractivity contribution in [1.29, 1.82) is 0 Å². The molecule has 2 amide bonds. The molecule has 0 bridgehead atoms. The van der Waals surface area contributed by atoms with Crippen molar-refractivity contribution in [3.8, 4) is 11.5 Å². The normalized spacial score (nSPS) is 10.0. The predicted octanol–water partition coefficient (Wildman–Crippen LogP) is 0.934. The number of nitrogens with one attached hydrogen (secondary N) is 1. The van der Waals surface area contributed by atoms with Crippen LogP contribution in [-0.4, -0.2) is 44.1 Å². The molecule has 0 aliphatic heterocycles. The molecule has 9 heteroatoms. The number of hydrogen-bond acceptors (Lipinski definition) is 6. The van der Waals surface area contributed by atoms with E-state index in [4.69, 9.17) is 19.9 Å². The predicted molar refractivity (Wildman–Crippen MR) is 93.3 cm³/mol. The van der Waals surface area contributed by atoms with Gasteiger partial charge >= 0.3 is 5.97 Å². The molecule has 0 aliphatic carbocycles. The first-order chi connectivity index (χ1) is 11.9. The Kier molecular flexibility index (Phi) is 8.76. The molecule has 0 heterocycles. The summed E-state index contributed by atoms with van der Waals surface area (Å²) in [5.74, 6) is -0.787. The lowest BCUT2D eigenvalue weighted by Crippen LogP contribution is -2.36. The molecule has 138 valence electrons. The highest BCUT2D eigenvalue weighted by Crippen LogP contribution is 2.34. The van der Waals surface area contributed by atoms with Crippen LogP contribution < -0.4 is 20.5 Å². The molecule has 0 spiro atoms. The van der Waals surface area contributed by atoms with Crippen LogP contribution >= 0.6 is 15.9 Å². The monoisotopic (exact) mass is 416 g/mol. The summed E-state index contributed by atoms with van der Waals surface area (Å²) in [7, 11) is 0. The SMILES string of the molecule is CCOc1cc(Br)c(CC(=O)OCC(=O)NCC(N)=O)cc1OCC. The molecule has 3 N–H and O–H groups in total. The Bertz CT molecular complexity index is 635. The number of ether oxygens (including phenoxy) is 3. The molecule has 8 nitrogen and oxygen atoms in total. The fraction of sp³-hybridized carbons (Fsp3) is 0.438. The quantitative estimate of drug-likeness (QED) is 0.548. The number of carbonyl (C=O) groups excluding carboxylic acids is 3. The van der Waals surface area contributed by atoms with Crippen molar-refractivity contribution in [3.63, 3.8) is 0 Å². The van der Waals surface area contributed by atoms with Gasteiger partial charge in [-0.3, -0.25) is 14.4 Å². The van der Waals surface area contributed by atoms with Gasteiger partial charge in [-0.05, 0) is 31.5 Å². The maximum absolute atomic E-state index is 11.9. The second-order valence-electron chi connectivity index (χ2n) is 4.84. The molecule has 0 radical (unpaired) electrons. The number of nitrogens with two attached hydrogens (primary N) is 1. The summed E-state index contributed by atoms with van der Waals surface area (Å²) in [5, 5.41) is 2.22. The number of hydrogen-bond donors (Lipinski definition) is 2. The first kappa shape index (κ1) is 20.8. The van der Waals surface area contributed by atoms with Gasteiger partial charge in [-0.1, -0.05) is 15.9 Å². The van der Waals surface area contributed by atoms with Crippen LogP contribution in [0.1, 0.15) is 19.4 Å². The van der Waals surface area contributed by atoms with E-state index in [1.54, 1.807) is 12.1 Å². The average Bonchev–Trinajstić information content (AvgIpc) is 2.55. The average molecular weight is 417 g/mol. The van der Waals surface area contributed by atoms with Crippen LogP contribution in [0.15, 0.2) is 16.6 Å². The molecule has 1 rings (SSSR count). The third-order valence-corrected chi connectivity index (χ3v) is 3.61. The zero-order valence-electron chi connectivity index (χ0n) is 14.1. The number of benzene rings is 1. The molecule has 0 saturated heterocycles. The van der Waals surface area contributed by atoms with E-state index in [-0.39, 0.29) is 13.0 Å². The van der Waals surface area contributed by atoms with Crippen molar-refractivity contribution < 1.29 is 28.6 Å². The number of carbonyl (C=O) groups is 3. The van der Waals surface area contributed by atoms with Gasteiger partial charge in [0.25, 0.3) is 5.91 Å². The minimum atomic E-state index is -0.679. The Balaban J connectivity index is 2.68. The lowest BCUT2D eigenvalue weighted by Gasteiger charge is -2.14. The molecule has 0 saturated carbocycles. The van der Waals surface area contributed by atoms with E-state index in [9.17, 15) is 14.4 Å². The van der Waals surface area contributed by atoms with Crippen molar-refractivity contribution in [3.05, 3.63) is 22.2 Å². The van der Waals surface area contributed by atoms with Crippen LogP contribution in [-0.2, 0) is 25.5 Å². The summed E-state index contributed by atoms with van der Waals surface area (Å²) in [4.78, 5) is 33.8. The van der Waals surface area contributed by atoms with Crippen LogP contribution in [0.4, 0.5) is 0 Å². The van der Waals surface area contributed by atoms with Crippen molar-refractivity contribution in [2.75, 3.05) is 26.4 Å². The van der Waals surface area contributed by atoms with Gasteiger partial charge in [0.1, 0.15) is 0 Å². The van der Waals surface area contributed by atoms with Gasteiger partial charge in [-0.25, -0.2) is 0 Å². The highest BCUT2D eigenvalue weighted by molar-refractivity contribution is 9.10. The summed E-state index contributed by atoms with van der Waals surface area (Å²) in [6.45, 7) is 3.84. The van der Waals surface area contributed by atoms with Gasteiger partial charge < -0.3 is 25.3 Å². The van der Waals surface area contributed by atoms with Gasteiger partial charge in [0.2, 0.25) is 5.91 Å². The summed E-state index contributed by atoms with van der Waals surface area (Å²) in [5.41, 5.74) is 5.53. The Hall–Kier alpha value is -2.29. The van der Waals surface area contributed by atoms with E-state index in [1.807, 2.05) is 13.8 Å². The Morgan fingerprint density at radius 2 is 1.72 bits per heavy atom. The van der Waals surface area contributed by atoms with Crippen LogP contribution in [0.5, 0.6) is 11.5 Å². The molecular weight excluding hydrogens is 396 g/mol. The number of esters is 1. The van der Waals surface area contributed by atoms with E-state index in [1.165, 1.54) is 0 Å². The fourth-order valence-corrected chi connectivity index (χ4v) is 2.30. The molecule has 25 heavy (non-hydrogen) atoms. The van der Waals surface area contributed by atoms with Gasteiger partial charge in [0.05, 0.1) is 26.2 Å². The maximum atomic E-state index is 11.9. The van der Waals surface area contributed by atoms with Gasteiger partial charge in [0.15, 0.2) is 18.1 Å². The number of halogens is 1. The largest absolute Gasteiger partial charge is 0.490 e. The van der Waals surface area contributed by atoms with Gasteiger partial charge in [-0.2, -0.15) is 0 Å². The molecule has 0 aliphatic rings. The first-order valence-corrected chi connectivity index (χ1v) is 8.45.